The van der Waals surface area contributed by atoms with E-state index in [0.717, 1.165) is 0 Å². The van der Waals surface area contributed by atoms with Gasteiger partial charge >= 0.3 is 5.97 Å². The number of rotatable bonds is 5. The summed E-state index contributed by atoms with van der Waals surface area (Å²) in [6.07, 6.45) is 0. The lowest BCUT2D eigenvalue weighted by molar-refractivity contribution is -0.224. The number of ether oxygens (including phenoxy) is 1. The maximum Gasteiger partial charge on any atom is 0.376 e. The van der Waals surface area contributed by atoms with E-state index in [1.54, 1.807) is 24.3 Å². The summed E-state index contributed by atoms with van der Waals surface area (Å²) in [4.78, 5) is 21.3. The van der Waals surface area contributed by atoms with Gasteiger partial charge in [0.2, 0.25) is 0 Å². The molecule has 0 unspecified atom stereocenters. The molecule has 0 atom stereocenters. The van der Waals surface area contributed by atoms with Crippen LogP contribution in [0.2, 0.25) is 0 Å². The standard InChI is InChI=1S/C14H19O4/c1-5-16-12-9-7-6-8-11(12)13(15)18-17-10-14(2,3)4/h6-10H,5H2,1-4H3. The molecule has 4 heteroatoms. The van der Waals surface area contributed by atoms with Gasteiger partial charge in [-0.3, -0.25) is 4.89 Å². The Hall–Kier alpha value is -1.55. The zero-order valence-electron chi connectivity index (χ0n) is 11.2. The highest BCUT2D eigenvalue weighted by Crippen LogP contribution is 2.21. The van der Waals surface area contributed by atoms with Crippen LogP contribution < -0.4 is 4.74 Å². The van der Waals surface area contributed by atoms with E-state index in [0.29, 0.717) is 17.9 Å². The van der Waals surface area contributed by atoms with E-state index >= 15 is 0 Å². The topological polar surface area (TPSA) is 44.8 Å². The van der Waals surface area contributed by atoms with Crippen LogP contribution in [0, 0.1) is 12.0 Å². The molecule has 18 heavy (non-hydrogen) atoms. The van der Waals surface area contributed by atoms with Crippen molar-refractivity contribution in [3.05, 3.63) is 36.4 Å². The molecule has 0 spiro atoms. The predicted molar refractivity (Wildman–Crippen MR) is 67.9 cm³/mol. The molecule has 1 aromatic carbocycles. The molecule has 4 nitrogen and oxygen atoms in total. The second-order valence-corrected chi connectivity index (χ2v) is 4.88. The highest BCUT2D eigenvalue weighted by molar-refractivity contribution is 5.92. The number of hydrogen-bond donors (Lipinski definition) is 0. The van der Waals surface area contributed by atoms with E-state index in [1.807, 2.05) is 27.7 Å². The Morgan fingerprint density at radius 1 is 1.28 bits per heavy atom. The number of benzene rings is 1. The minimum Gasteiger partial charge on any atom is -0.493 e. The zero-order chi connectivity index (χ0) is 13.6. The van der Waals surface area contributed by atoms with E-state index < -0.39 is 5.97 Å². The van der Waals surface area contributed by atoms with Gasteiger partial charge in [0.15, 0.2) is 0 Å². The Kier molecular flexibility index (Phi) is 5.16. The van der Waals surface area contributed by atoms with Crippen LogP contribution in [0.4, 0.5) is 0 Å². The second kappa shape index (κ2) is 6.40. The molecular formula is C14H19O4. The van der Waals surface area contributed by atoms with Crippen LogP contribution in [0.5, 0.6) is 5.75 Å². The molecule has 0 aliphatic carbocycles. The molecule has 1 radical (unpaired) electrons. The van der Waals surface area contributed by atoms with Gasteiger partial charge < -0.3 is 4.74 Å². The van der Waals surface area contributed by atoms with Crippen molar-refractivity contribution in [2.24, 2.45) is 5.41 Å². The van der Waals surface area contributed by atoms with Crippen molar-refractivity contribution in [1.82, 2.24) is 0 Å². The number of hydrogen-bond acceptors (Lipinski definition) is 4. The van der Waals surface area contributed by atoms with Crippen molar-refractivity contribution in [2.45, 2.75) is 27.7 Å². The first-order valence-electron chi connectivity index (χ1n) is 5.88. The lowest BCUT2D eigenvalue weighted by atomic mass is 9.99. The van der Waals surface area contributed by atoms with Crippen LogP contribution >= 0.6 is 0 Å². The van der Waals surface area contributed by atoms with E-state index in [9.17, 15) is 4.79 Å². The maximum atomic E-state index is 11.8. The summed E-state index contributed by atoms with van der Waals surface area (Å²) in [6.45, 7) is 9.62. The highest BCUT2D eigenvalue weighted by atomic mass is 17.2. The van der Waals surface area contributed by atoms with Crippen LogP contribution in [0.25, 0.3) is 0 Å². The monoisotopic (exact) mass is 251 g/mol. The molecule has 0 aliphatic heterocycles. The Labute approximate surface area is 108 Å². The molecule has 0 aliphatic rings. The van der Waals surface area contributed by atoms with E-state index in [4.69, 9.17) is 14.5 Å². The van der Waals surface area contributed by atoms with E-state index in [2.05, 4.69) is 0 Å². The van der Waals surface area contributed by atoms with Crippen LogP contribution in [0.15, 0.2) is 24.3 Å². The first kappa shape index (κ1) is 14.5. The summed E-state index contributed by atoms with van der Waals surface area (Å²) >= 11 is 0. The van der Waals surface area contributed by atoms with Crippen molar-refractivity contribution < 1.29 is 19.3 Å². The molecular weight excluding hydrogens is 232 g/mol. The molecule has 0 saturated carbocycles. The molecule has 99 valence electrons. The Morgan fingerprint density at radius 2 is 1.94 bits per heavy atom. The maximum absolute atomic E-state index is 11.8. The highest BCUT2D eigenvalue weighted by Gasteiger charge is 2.17. The molecule has 0 N–H and O–H groups in total. The summed E-state index contributed by atoms with van der Waals surface area (Å²) in [5, 5.41) is 0. The summed E-state index contributed by atoms with van der Waals surface area (Å²) in [5.74, 6) is -0.0797. The number of carbonyl (C=O) groups excluding carboxylic acids is 1. The summed E-state index contributed by atoms with van der Waals surface area (Å²) < 4.78 is 5.34. The van der Waals surface area contributed by atoms with Gasteiger partial charge in [-0.05, 0) is 24.5 Å². The molecule has 0 aromatic heterocycles. The lowest BCUT2D eigenvalue weighted by Gasteiger charge is -2.15. The van der Waals surface area contributed by atoms with Crippen LogP contribution in [-0.2, 0) is 9.78 Å². The van der Waals surface area contributed by atoms with Gasteiger partial charge in [-0.1, -0.05) is 32.9 Å². The first-order valence-corrected chi connectivity index (χ1v) is 5.88. The number of carbonyl (C=O) groups is 1. The van der Waals surface area contributed by atoms with Crippen molar-refractivity contribution in [3.8, 4) is 5.75 Å². The van der Waals surface area contributed by atoms with Gasteiger partial charge in [-0.25, -0.2) is 4.79 Å². The van der Waals surface area contributed by atoms with Gasteiger partial charge in [0, 0.05) is 0 Å². The molecule has 0 saturated heterocycles. The Balaban J connectivity index is 2.61. The van der Waals surface area contributed by atoms with Crippen LogP contribution in [0.1, 0.15) is 38.1 Å². The fourth-order valence-corrected chi connectivity index (χ4v) is 1.17. The predicted octanol–water partition coefficient (Wildman–Crippen LogP) is 3.38. The number of para-hydroxylation sites is 1. The molecule has 0 amide bonds. The van der Waals surface area contributed by atoms with E-state index in [1.165, 1.54) is 6.61 Å². The fourth-order valence-electron chi connectivity index (χ4n) is 1.17. The molecule has 0 bridgehead atoms. The van der Waals surface area contributed by atoms with Crippen LogP contribution in [0.3, 0.4) is 0 Å². The van der Waals surface area contributed by atoms with E-state index in [-0.39, 0.29) is 5.41 Å². The van der Waals surface area contributed by atoms with Gasteiger partial charge in [-0.2, -0.15) is 4.89 Å². The lowest BCUT2D eigenvalue weighted by Crippen LogP contribution is -2.13. The van der Waals surface area contributed by atoms with Crippen molar-refractivity contribution in [3.63, 3.8) is 0 Å². The third-order valence-corrected chi connectivity index (χ3v) is 1.93. The average molecular weight is 251 g/mol. The van der Waals surface area contributed by atoms with Gasteiger partial charge in [0.25, 0.3) is 0 Å². The summed E-state index contributed by atoms with van der Waals surface area (Å²) in [6, 6.07) is 6.89. The SMILES string of the molecule is CCOc1ccccc1C(=O)OO[CH]C(C)(C)C. The van der Waals surface area contributed by atoms with Gasteiger partial charge in [-0.15, -0.1) is 0 Å². The summed E-state index contributed by atoms with van der Waals surface area (Å²) in [7, 11) is 0. The minimum absolute atomic E-state index is 0.181. The third kappa shape index (κ3) is 4.75. The normalized spacial score (nSPS) is 11.1. The Morgan fingerprint density at radius 3 is 2.56 bits per heavy atom. The largest absolute Gasteiger partial charge is 0.493 e. The molecule has 0 fully saturated rings. The minimum atomic E-state index is -0.570. The van der Waals surface area contributed by atoms with Gasteiger partial charge in [0.05, 0.1) is 6.61 Å². The smallest absolute Gasteiger partial charge is 0.376 e. The average Bonchev–Trinajstić information content (AvgIpc) is 2.28. The zero-order valence-corrected chi connectivity index (χ0v) is 11.2. The first-order chi connectivity index (χ1) is 8.44. The summed E-state index contributed by atoms with van der Waals surface area (Å²) in [5.41, 5.74) is 0.168. The Bertz CT molecular complexity index is 393. The second-order valence-electron chi connectivity index (χ2n) is 4.88. The third-order valence-electron chi connectivity index (χ3n) is 1.93. The molecule has 0 heterocycles. The quantitative estimate of drug-likeness (QED) is 0.594. The van der Waals surface area contributed by atoms with Crippen LogP contribution in [-0.4, -0.2) is 12.6 Å². The fraction of sp³-hybridized carbons (Fsp3) is 0.429. The van der Waals surface area contributed by atoms with Crippen molar-refractivity contribution >= 4 is 5.97 Å². The van der Waals surface area contributed by atoms with Crippen molar-refractivity contribution in [2.75, 3.05) is 6.61 Å². The molecule has 1 rings (SSSR count). The van der Waals surface area contributed by atoms with Gasteiger partial charge in [0.1, 0.15) is 17.9 Å². The molecule has 1 aromatic rings. The van der Waals surface area contributed by atoms with Crippen molar-refractivity contribution in [1.29, 1.82) is 0 Å².